The fourth-order valence-corrected chi connectivity index (χ4v) is 4.98. The number of rotatable bonds is 7. The minimum atomic E-state index is -0.0594. The first kappa shape index (κ1) is 23.3. The van der Waals surface area contributed by atoms with E-state index in [2.05, 4.69) is 13.8 Å². The Labute approximate surface area is 204 Å². The van der Waals surface area contributed by atoms with E-state index in [9.17, 15) is 4.79 Å². The third-order valence-electron chi connectivity index (χ3n) is 5.10. The summed E-state index contributed by atoms with van der Waals surface area (Å²) in [7, 11) is 0. The number of thioether (sulfide) groups is 1. The van der Waals surface area contributed by atoms with Crippen LogP contribution in [0.2, 0.25) is 0 Å². The largest absolute Gasteiger partial charge is 0.493 e. The van der Waals surface area contributed by atoms with Gasteiger partial charge in [0.1, 0.15) is 10.1 Å². The van der Waals surface area contributed by atoms with Crippen molar-refractivity contribution in [1.82, 2.24) is 14.7 Å². The molecule has 0 radical (unpaired) electrons. The second kappa shape index (κ2) is 9.93. The lowest BCUT2D eigenvalue weighted by molar-refractivity contribution is -0.123. The Morgan fingerprint density at radius 3 is 2.36 bits per heavy atom. The van der Waals surface area contributed by atoms with E-state index in [-0.39, 0.29) is 11.9 Å². The first-order valence-electron chi connectivity index (χ1n) is 11.0. The van der Waals surface area contributed by atoms with Gasteiger partial charge < -0.3 is 4.74 Å². The van der Waals surface area contributed by atoms with Crippen LogP contribution in [0.5, 0.6) is 5.75 Å². The predicted octanol–water partition coefficient (Wildman–Crippen LogP) is 6.18. The number of aromatic nitrogens is 2. The molecule has 0 spiro atoms. The Bertz CT molecular complexity index is 1180. The number of carbonyl (C=O) groups is 1. The fraction of sp³-hybridized carbons (Fsp3) is 0.269. The zero-order valence-electron chi connectivity index (χ0n) is 19.2. The molecule has 0 saturated carbocycles. The predicted molar refractivity (Wildman–Crippen MR) is 139 cm³/mol. The molecule has 1 amide bonds. The van der Waals surface area contributed by atoms with Gasteiger partial charge >= 0.3 is 0 Å². The molecule has 3 aromatic rings. The Balaban J connectivity index is 1.73. The minimum absolute atomic E-state index is 0.0216. The van der Waals surface area contributed by atoms with Crippen molar-refractivity contribution in [2.75, 3.05) is 6.61 Å². The summed E-state index contributed by atoms with van der Waals surface area (Å²) < 4.78 is 8.25. The summed E-state index contributed by atoms with van der Waals surface area (Å²) in [6.45, 7) is 8.85. The van der Waals surface area contributed by atoms with Crippen LogP contribution < -0.4 is 4.74 Å². The smallest absolute Gasteiger partial charge is 0.266 e. The quantitative estimate of drug-likeness (QED) is 0.300. The number of benzene rings is 2. The van der Waals surface area contributed by atoms with Crippen molar-refractivity contribution in [3.63, 3.8) is 0 Å². The van der Waals surface area contributed by atoms with E-state index in [0.29, 0.717) is 21.8 Å². The summed E-state index contributed by atoms with van der Waals surface area (Å²) in [6, 6.07) is 17.9. The van der Waals surface area contributed by atoms with Crippen molar-refractivity contribution in [2.45, 2.75) is 33.7 Å². The van der Waals surface area contributed by atoms with E-state index in [1.165, 1.54) is 11.8 Å². The van der Waals surface area contributed by atoms with Gasteiger partial charge in [-0.05, 0) is 62.2 Å². The molecule has 0 aliphatic carbocycles. The molecule has 33 heavy (non-hydrogen) atoms. The standard InChI is InChI=1S/C26H27N3O2S2/c1-17(2)16-31-22-12-10-19(11-13-22)24-20(15-28(27-24)21-8-6-5-7-9-21)14-23-25(30)29(18(3)4)26(32)33-23/h5-15,17-18H,16H2,1-4H3/b23-14+. The van der Waals surface area contributed by atoms with Crippen LogP contribution >= 0.6 is 24.0 Å². The molecular formula is C26H27N3O2S2. The molecule has 1 aromatic heterocycles. The Kier molecular flexibility index (Phi) is 7.00. The van der Waals surface area contributed by atoms with Gasteiger partial charge in [-0.15, -0.1) is 0 Å². The minimum Gasteiger partial charge on any atom is -0.493 e. The molecule has 1 aliphatic heterocycles. The fourth-order valence-electron chi connectivity index (χ4n) is 3.47. The molecule has 0 bridgehead atoms. The molecule has 1 aliphatic rings. The summed E-state index contributed by atoms with van der Waals surface area (Å²) in [5.41, 5.74) is 3.56. The number of carbonyl (C=O) groups excluding carboxylic acids is 1. The highest BCUT2D eigenvalue weighted by atomic mass is 32.2. The van der Waals surface area contributed by atoms with Gasteiger partial charge in [-0.2, -0.15) is 5.10 Å². The van der Waals surface area contributed by atoms with E-state index in [0.717, 1.165) is 28.3 Å². The van der Waals surface area contributed by atoms with Crippen molar-refractivity contribution in [3.8, 4) is 22.7 Å². The lowest BCUT2D eigenvalue weighted by atomic mass is 10.1. The molecule has 5 nitrogen and oxygen atoms in total. The zero-order chi connectivity index (χ0) is 23.5. The molecular weight excluding hydrogens is 450 g/mol. The monoisotopic (exact) mass is 477 g/mol. The Morgan fingerprint density at radius 1 is 1.06 bits per heavy atom. The molecule has 0 unspecified atom stereocenters. The zero-order valence-corrected chi connectivity index (χ0v) is 20.8. The maximum atomic E-state index is 13.0. The second-order valence-electron chi connectivity index (χ2n) is 8.59. The van der Waals surface area contributed by atoms with Crippen LogP contribution in [-0.4, -0.2) is 37.6 Å². The van der Waals surface area contributed by atoms with Crippen LogP contribution in [0.15, 0.2) is 65.7 Å². The van der Waals surface area contributed by atoms with Gasteiger partial charge in [0.2, 0.25) is 0 Å². The average Bonchev–Trinajstić information content (AvgIpc) is 3.34. The van der Waals surface area contributed by atoms with Crippen molar-refractivity contribution < 1.29 is 9.53 Å². The number of amides is 1. The average molecular weight is 478 g/mol. The molecule has 2 heterocycles. The van der Waals surface area contributed by atoms with Crippen LogP contribution in [0.4, 0.5) is 0 Å². The molecule has 0 atom stereocenters. The first-order valence-corrected chi connectivity index (χ1v) is 12.2. The van der Waals surface area contributed by atoms with Gasteiger partial charge in [-0.25, -0.2) is 4.68 Å². The van der Waals surface area contributed by atoms with E-state index in [1.807, 2.05) is 85.4 Å². The van der Waals surface area contributed by atoms with Crippen molar-refractivity contribution in [2.24, 2.45) is 5.92 Å². The van der Waals surface area contributed by atoms with Gasteiger partial charge in [-0.3, -0.25) is 9.69 Å². The Hall–Kier alpha value is -2.90. The van der Waals surface area contributed by atoms with Gasteiger partial charge in [0.25, 0.3) is 5.91 Å². The number of ether oxygens (including phenoxy) is 1. The molecule has 1 fully saturated rings. The maximum Gasteiger partial charge on any atom is 0.266 e. The highest BCUT2D eigenvalue weighted by Crippen LogP contribution is 2.36. The normalized spacial score (nSPS) is 15.3. The highest BCUT2D eigenvalue weighted by molar-refractivity contribution is 8.26. The summed E-state index contributed by atoms with van der Waals surface area (Å²) in [6.07, 6.45) is 3.85. The molecule has 4 rings (SSSR count). The van der Waals surface area contributed by atoms with Crippen molar-refractivity contribution in [1.29, 1.82) is 0 Å². The number of para-hydroxylation sites is 1. The first-order chi connectivity index (χ1) is 15.8. The van der Waals surface area contributed by atoms with Crippen molar-refractivity contribution in [3.05, 3.63) is 71.3 Å². The number of hydrogen-bond donors (Lipinski definition) is 0. The molecule has 1 saturated heterocycles. The summed E-state index contributed by atoms with van der Waals surface area (Å²) in [4.78, 5) is 15.2. The molecule has 2 aromatic carbocycles. The van der Waals surface area contributed by atoms with Crippen LogP contribution in [0.3, 0.4) is 0 Å². The van der Waals surface area contributed by atoms with E-state index < -0.39 is 0 Å². The number of nitrogens with zero attached hydrogens (tertiary/aromatic N) is 3. The summed E-state index contributed by atoms with van der Waals surface area (Å²) in [5.74, 6) is 1.23. The van der Waals surface area contributed by atoms with Crippen LogP contribution in [0.25, 0.3) is 23.0 Å². The van der Waals surface area contributed by atoms with Gasteiger partial charge in [0.15, 0.2) is 0 Å². The van der Waals surface area contributed by atoms with Gasteiger partial charge in [-0.1, -0.05) is 56.0 Å². The van der Waals surface area contributed by atoms with Crippen LogP contribution in [-0.2, 0) is 4.79 Å². The van der Waals surface area contributed by atoms with E-state index in [4.69, 9.17) is 22.1 Å². The third-order valence-corrected chi connectivity index (χ3v) is 6.43. The topological polar surface area (TPSA) is 47.4 Å². The van der Waals surface area contributed by atoms with Gasteiger partial charge in [0, 0.05) is 23.4 Å². The van der Waals surface area contributed by atoms with E-state index in [1.54, 1.807) is 4.90 Å². The lowest BCUT2D eigenvalue weighted by Crippen LogP contribution is -2.34. The van der Waals surface area contributed by atoms with Crippen LogP contribution in [0, 0.1) is 5.92 Å². The van der Waals surface area contributed by atoms with Crippen LogP contribution in [0.1, 0.15) is 33.3 Å². The highest BCUT2D eigenvalue weighted by Gasteiger charge is 2.34. The second-order valence-corrected chi connectivity index (χ2v) is 10.3. The molecule has 7 heteroatoms. The summed E-state index contributed by atoms with van der Waals surface area (Å²) in [5, 5.41) is 4.86. The maximum absolute atomic E-state index is 13.0. The lowest BCUT2D eigenvalue weighted by Gasteiger charge is -2.18. The van der Waals surface area contributed by atoms with Gasteiger partial charge in [0.05, 0.1) is 22.9 Å². The number of thiocarbonyl (C=S) groups is 1. The number of hydrogen-bond acceptors (Lipinski definition) is 5. The Morgan fingerprint density at radius 2 is 1.76 bits per heavy atom. The van der Waals surface area contributed by atoms with E-state index >= 15 is 0 Å². The van der Waals surface area contributed by atoms with Crippen molar-refractivity contribution >= 4 is 40.3 Å². The SMILES string of the molecule is CC(C)COc1ccc(-c2nn(-c3ccccc3)cc2/C=C2/SC(=S)N(C(C)C)C2=O)cc1. The molecule has 0 N–H and O–H groups in total. The summed E-state index contributed by atoms with van der Waals surface area (Å²) >= 11 is 6.78. The molecule has 170 valence electrons. The third kappa shape index (κ3) is 5.20.